The zero-order valence-corrected chi connectivity index (χ0v) is 20.6. The van der Waals surface area contributed by atoms with Gasteiger partial charge in [-0.3, -0.25) is 9.10 Å². The van der Waals surface area contributed by atoms with Crippen LogP contribution in [-0.4, -0.2) is 38.8 Å². The SMILES string of the molecule is N#Cc1ccccc1C=Cc1ccc2c(c1)N(S(=O)(=O)c1cccc(OC(F)F)c1)CC(CCC(=O)O)O2. The number of fused-ring (bicyclic) bond motifs is 1. The number of carboxylic acids is 1. The summed E-state index contributed by atoms with van der Waals surface area (Å²) in [5.41, 5.74) is 1.96. The smallest absolute Gasteiger partial charge is 0.387 e. The van der Waals surface area contributed by atoms with Gasteiger partial charge in [-0.05, 0) is 47.9 Å². The maximum atomic E-state index is 13.7. The largest absolute Gasteiger partial charge is 0.486 e. The van der Waals surface area contributed by atoms with Gasteiger partial charge >= 0.3 is 12.6 Å². The fourth-order valence-electron chi connectivity index (χ4n) is 3.96. The normalized spacial score (nSPS) is 15.1. The van der Waals surface area contributed by atoms with Crippen molar-refractivity contribution in [3.05, 3.63) is 83.4 Å². The lowest BCUT2D eigenvalue weighted by atomic mass is 10.1. The minimum absolute atomic E-state index is 0.0575. The summed E-state index contributed by atoms with van der Waals surface area (Å²) >= 11 is 0. The van der Waals surface area contributed by atoms with Crippen LogP contribution in [0.15, 0.2) is 71.6 Å². The van der Waals surface area contributed by atoms with Crippen molar-refractivity contribution in [3.8, 4) is 17.6 Å². The third-order valence-electron chi connectivity index (χ3n) is 5.75. The first-order chi connectivity index (χ1) is 18.2. The molecule has 196 valence electrons. The zero-order chi connectivity index (χ0) is 27.3. The van der Waals surface area contributed by atoms with Crippen molar-refractivity contribution in [2.75, 3.05) is 10.8 Å². The molecule has 0 aliphatic carbocycles. The topological polar surface area (TPSA) is 117 Å². The van der Waals surface area contributed by atoms with Crippen LogP contribution in [0.2, 0.25) is 0 Å². The number of nitrogens with zero attached hydrogens (tertiary/aromatic N) is 2. The first-order valence-corrected chi connectivity index (χ1v) is 12.9. The molecule has 1 N–H and O–H groups in total. The van der Waals surface area contributed by atoms with E-state index in [1.165, 1.54) is 18.2 Å². The molecule has 8 nitrogen and oxygen atoms in total. The molecule has 1 aliphatic heterocycles. The highest BCUT2D eigenvalue weighted by Crippen LogP contribution is 2.39. The Morgan fingerprint density at radius 1 is 1.16 bits per heavy atom. The van der Waals surface area contributed by atoms with Crippen molar-refractivity contribution in [1.82, 2.24) is 0 Å². The molecule has 0 radical (unpaired) electrons. The second-order valence-corrected chi connectivity index (χ2v) is 10.2. The van der Waals surface area contributed by atoms with E-state index in [1.54, 1.807) is 54.6 Å². The first kappa shape index (κ1) is 26.6. The molecule has 1 atom stereocenters. The van der Waals surface area contributed by atoms with Gasteiger partial charge in [0.25, 0.3) is 10.0 Å². The van der Waals surface area contributed by atoms with Crippen molar-refractivity contribution in [1.29, 1.82) is 5.26 Å². The number of benzene rings is 3. The number of hydrogen-bond donors (Lipinski definition) is 1. The summed E-state index contributed by atoms with van der Waals surface area (Å²) in [6, 6.07) is 18.7. The number of alkyl halides is 2. The van der Waals surface area contributed by atoms with Gasteiger partial charge in [-0.2, -0.15) is 14.0 Å². The van der Waals surface area contributed by atoms with Gasteiger partial charge in [-0.15, -0.1) is 0 Å². The lowest BCUT2D eigenvalue weighted by molar-refractivity contribution is -0.137. The van der Waals surface area contributed by atoms with Gasteiger partial charge in [-0.1, -0.05) is 42.5 Å². The number of sulfonamides is 1. The molecule has 0 saturated heterocycles. The summed E-state index contributed by atoms with van der Waals surface area (Å²) in [5, 5.41) is 18.4. The Balaban J connectivity index is 1.73. The van der Waals surface area contributed by atoms with Crippen molar-refractivity contribution in [2.24, 2.45) is 0 Å². The maximum absolute atomic E-state index is 13.7. The van der Waals surface area contributed by atoms with E-state index in [2.05, 4.69) is 10.8 Å². The van der Waals surface area contributed by atoms with E-state index < -0.39 is 28.7 Å². The lowest BCUT2D eigenvalue weighted by Gasteiger charge is -2.35. The molecule has 0 aromatic heterocycles. The highest BCUT2D eigenvalue weighted by molar-refractivity contribution is 7.92. The van der Waals surface area contributed by atoms with Crippen LogP contribution in [0, 0.1) is 11.3 Å². The number of hydrogen-bond acceptors (Lipinski definition) is 6. The summed E-state index contributed by atoms with van der Waals surface area (Å²) in [7, 11) is -4.29. The van der Waals surface area contributed by atoms with Crippen LogP contribution in [0.4, 0.5) is 14.5 Å². The number of ether oxygens (including phenoxy) is 2. The number of aliphatic carboxylic acids is 1. The predicted octanol–water partition coefficient (Wildman–Crippen LogP) is 5.15. The summed E-state index contributed by atoms with van der Waals surface area (Å²) in [6.45, 7) is -3.31. The Bertz CT molecular complexity index is 1520. The lowest BCUT2D eigenvalue weighted by Crippen LogP contribution is -2.43. The molecule has 38 heavy (non-hydrogen) atoms. The minimum atomic E-state index is -4.29. The highest BCUT2D eigenvalue weighted by Gasteiger charge is 2.35. The molecule has 0 saturated carbocycles. The van der Waals surface area contributed by atoms with E-state index in [0.717, 1.165) is 10.4 Å². The van der Waals surface area contributed by atoms with Gasteiger partial charge in [0, 0.05) is 12.5 Å². The minimum Gasteiger partial charge on any atom is -0.486 e. The van der Waals surface area contributed by atoms with E-state index in [-0.39, 0.29) is 41.5 Å². The van der Waals surface area contributed by atoms with Gasteiger partial charge < -0.3 is 14.6 Å². The first-order valence-electron chi connectivity index (χ1n) is 11.4. The zero-order valence-electron chi connectivity index (χ0n) is 19.8. The maximum Gasteiger partial charge on any atom is 0.387 e. The van der Waals surface area contributed by atoms with E-state index in [9.17, 15) is 27.3 Å². The Morgan fingerprint density at radius 2 is 1.95 bits per heavy atom. The quantitative estimate of drug-likeness (QED) is 0.373. The van der Waals surface area contributed by atoms with Gasteiger partial charge in [0.05, 0.1) is 28.8 Å². The number of halogens is 2. The molecule has 11 heteroatoms. The second kappa shape index (κ2) is 11.3. The van der Waals surface area contributed by atoms with Gasteiger partial charge in [0.15, 0.2) is 0 Å². The van der Waals surface area contributed by atoms with Gasteiger partial charge in [0.2, 0.25) is 0 Å². The molecule has 1 aliphatic rings. The Hall–Kier alpha value is -4.43. The summed E-state index contributed by atoms with van der Waals surface area (Å²) in [4.78, 5) is 10.8. The van der Waals surface area contributed by atoms with E-state index >= 15 is 0 Å². The molecule has 0 spiro atoms. The van der Waals surface area contributed by atoms with E-state index in [0.29, 0.717) is 16.7 Å². The molecular formula is C27H22F2N2O6S. The summed E-state index contributed by atoms with van der Waals surface area (Å²) < 4.78 is 64.2. The number of carboxylic acid groups (broad SMARTS) is 1. The monoisotopic (exact) mass is 540 g/mol. The molecule has 0 amide bonds. The molecule has 3 aromatic carbocycles. The van der Waals surface area contributed by atoms with Crippen molar-refractivity contribution in [3.63, 3.8) is 0 Å². The van der Waals surface area contributed by atoms with Crippen molar-refractivity contribution < 1.29 is 36.6 Å². The van der Waals surface area contributed by atoms with E-state index in [4.69, 9.17) is 9.84 Å². The number of rotatable bonds is 9. The fraction of sp³-hybridized carbons (Fsp3) is 0.185. The van der Waals surface area contributed by atoms with Gasteiger partial charge in [-0.25, -0.2) is 8.42 Å². The number of nitriles is 1. The molecule has 0 bridgehead atoms. The molecule has 3 aromatic rings. The predicted molar refractivity (Wildman–Crippen MR) is 135 cm³/mol. The van der Waals surface area contributed by atoms with Crippen LogP contribution in [-0.2, 0) is 14.8 Å². The standard InChI is InChI=1S/C27H22F2N2O6S/c28-27(29)37-21-6-3-7-23(15-21)38(34,35)31-17-22(11-13-26(32)33)36-25-12-9-18(14-24(25)31)8-10-19-4-1-2-5-20(19)16-30/h1-10,12,14-15,22,27H,11,13,17H2,(H,32,33). The molecule has 1 unspecified atom stereocenters. The average molecular weight is 541 g/mol. The highest BCUT2D eigenvalue weighted by atomic mass is 32.2. The van der Waals surface area contributed by atoms with E-state index in [1.807, 2.05) is 0 Å². The average Bonchev–Trinajstić information content (AvgIpc) is 2.90. The van der Waals surface area contributed by atoms with Gasteiger partial charge in [0.1, 0.15) is 17.6 Å². The van der Waals surface area contributed by atoms with Crippen molar-refractivity contribution in [2.45, 2.75) is 30.5 Å². The molecular weight excluding hydrogens is 518 g/mol. The Kier molecular flexibility index (Phi) is 7.93. The number of carbonyl (C=O) groups is 1. The molecule has 1 heterocycles. The molecule has 4 rings (SSSR count). The van der Waals surface area contributed by atoms with Crippen LogP contribution in [0.1, 0.15) is 29.5 Å². The van der Waals surface area contributed by atoms with Crippen molar-refractivity contribution >= 4 is 33.8 Å². The number of anilines is 1. The van der Waals surface area contributed by atoms with Crippen LogP contribution < -0.4 is 13.8 Å². The van der Waals surface area contributed by atoms with Crippen LogP contribution in [0.3, 0.4) is 0 Å². The third-order valence-corrected chi connectivity index (χ3v) is 7.53. The van der Waals surface area contributed by atoms with Crippen LogP contribution in [0.5, 0.6) is 11.5 Å². The van der Waals surface area contributed by atoms with Crippen LogP contribution >= 0.6 is 0 Å². The second-order valence-electron chi connectivity index (χ2n) is 8.32. The Labute approximate surface area is 218 Å². The fourth-order valence-corrected chi connectivity index (χ4v) is 5.50. The Morgan fingerprint density at radius 3 is 2.68 bits per heavy atom. The van der Waals surface area contributed by atoms with Crippen LogP contribution in [0.25, 0.3) is 12.2 Å². The summed E-state index contributed by atoms with van der Waals surface area (Å²) in [6.07, 6.45) is 2.52. The third kappa shape index (κ3) is 6.10. The summed E-state index contributed by atoms with van der Waals surface area (Å²) in [5.74, 6) is -1.14. The molecule has 0 fully saturated rings.